The van der Waals surface area contributed by atoms with Crippen LogP contribution in [-0.4, -0.2) is 55.4 Å². The van der Waals surface area contributed by atoms with E-state index in [-0.39, 0.29) is 24.7 Å². The quantitative estimate of drug-likeness (QED) is 0.690. The van der Waals surface area contributed by atoms with Gasteiger partial charge in [-0.25, -0.2) is 12.7 Å². The van der Waals surface area contributed by atoms with Crippen molar-refractivity contribution in [3.63, 3.8) is 0 Å². The third kappa shape index (κ3) is 4.22. The Kier molecular flexibility index (Phi) is 5.55. The standard InChI is InChI=1S/C11H21NO5S/c1-3-17-11(14)5-7-18(15,16)12-6-4-10(8-12)9(2)13/h9-10,13H,3-8H2,1-2H3. The molecule has 0 aliphatic carbocycles. The molecular weight excluding hydrogens is 258 g/mol. The summed E-state index contributed by atoms with van der Waals surface area (Å²) in [6.07, 6.45) is 0.0396. The van der Waals surface area contributed by atoms with Crippen molar-refractivity contribution < 1.29 is 23.1 Å². The lowest BCUT2D eigenvalue weighted by Crippen LogP contribution is -2.33. The molecule has 18 heavy (non-hydrogen) atoms. The van der Waals surface area contributed by atoms with Crippen LogP contribution in [0, 0.1) is 5.92 Å². The van der Waals surface area contributed by atoms with Crippen molar-refractivity contribution in [2.24, 2.45) is 5.92 Å². The van der Waals surface area contributed by atoms with E-state index in [0.717, 1.165) is 0 Å². The van der Waals surface area contributed by atoms with Crippen LogP contribution < -0.4 is 0 Å². The summed E-state index contributed by atoms with van der Waals surface area (Å²) in [7, 11) is -3.42. The Balaban J connectivity index is 2.47. The Hall–Kier alpha value is -0.660. The Morgan fingerprint density at radius 2 is 2.22 bits per heavy atom. The second-order valence-electron chi connectivity index (χ2n) is 4.52. The van der Waals surface area contributed by atoms with Gasteiger partial charge in [0.2, 0.25) is 10.0 Å². The molecule has 0 spiro atoms. The van der Waals surface area contributed by atoms with Crippen LogP contribution in [0.1, 0.15) is 26.7 Å². The largest absolute Gasteiger partial charge is 0.466 e. The molecule has 1 rings (SSSR count). The zero-order valence-corrected chi connectivity index (χ0v) is 11.6. The van der Waals surface area contributed by atoms with Gasteiger partial charge < -0.3 is 9.84 Å². The second-order valence-corrected chi connectivity index (χ2v) is 6.61. The summed E-state index contributed by atoms with van der Waals surface area (Å²) in [5, 5.41) is 9.43. The first-order valence-electron chi connectivity index (χ1n) is 6.18. The minimum Gasteiger partial charge on any atom is -0.466 e. The first kappa shape index (κ1) is 15.4. The molecule has 0 aromatic carbocycles. The fourth-order valence-corrected chi connectivity index (χ4v) is 3.46. The van der Waals surface area contributed by atoms with Crippen molar-refractivity contribution in [1.82, 2.24) is 4.31 Å². The Morgan fingerprint density at radius 1 is 1.56 bits per heavy atom. The van der Waals surface area contributed by atoms with Gasteiger partial charge in [0.15, 0.2) is 0 Å². The van der Waals surface area contributed by atoms with E-state index in [9.17, 15) is 18.3 Å². The number of hydrogen-bond donors (Lipinski definition) is 1. The number of aliphatic hydroxyl groups is 1. The molecule has 1 N–H and O–H groups in total. The first-order chi connectivity index (χ1) is 8.36. The molecule has 1 saturated heterocycles. The fraction of sp³-hybridized carbons (Fsp3) is 0.909. The number of carbonyl (C=O) groups excluding carboxylic acids is 1. The molecule has 2 atom stereocenters. The molecule has 0 saturated carbocycles. The molecule has 1 heterocycles. The van der Waals surface area contributed by atoms with Gasteiger partial charge in [-0.15, -0.1) is 0 Å². The lowest BCUT2D eigenvalue weighted by atomic mass is 10.0. The van der Waals surface area contributed by atoms with Crippen molar-refractivity contribution in [3.8, 4) is 0 Å². The Bertz CT molecular complexity index is 379. The van der Waals surface area contributed by atoms with Crippen molar-refractivity contribution in [3.05, 3.63) is 0 Å². The van der Waals surface area contributed by atoms with Crippen LogP contribution >= 0.6 is 0 Å². The predicted octanol–water partition coefficient (Wildman–Crippen LogP) is -0.0279. The van der Waals surface area contributed by atoms with E-state index in [1.807, 2.05) is 0 Å². The first-order valence-corrected chi connectivity index (χ1v) is 7.79. The highest BCUT2D eigenvalue weighted by atomic mass is 32.2. The van der Waals surface area contributed by atoms with Gasteiger partial charge in [-0.1, -0.05) is 0 Å². The van der Waals surface area contributed by atoms with Crippen LogP contribution in [0.15, 0.2) is 0 Å². The molecule has 0 bridgehead atoms. The van der Waals surface area contributed by atoms with Crippen LogP contribution in [0.25, 0.3) is 0 Å². The highest BCUT2D eigenvalue weighted by Crippen LogP contribution is 2.22. The monoisotopic (exact) mass is 279 g/mol. The topological polar surface area (TPSA) is 83.9 Å². The van der Waals surface area contributed by atoms with E-state index < -0.39 is 22.1 Å². The van der Waals surface area contributed by atoms with Crippen molar-refractivity contribution in [1.29, 1.82) is 0 Å². The van der Waals surface area contributed by atoms with Gasteiger partial charge in [0.05, 0.1) is 24.9 Å². The fourth-order valence-electron chi connectivity index (χ4n) is 1.97. The lowest BCUT2D eigenvalue weighted by Gasteiger charge is -2.17. The number of nitrogens with zero attached hydrogens (tertiary/aromatic N) is 1. The maximum absolute atomic E-state index is 11.9. The number of hydrogen-bond acceptors (Lipinski definition) is 5. The predicted molar refractivity (Wildman–Crippen MR) is 66.4 cm³/mol. The van der Waals surface area contributed by atoms with E-state index in [1.54, 1.807) is 13.8 Å². The van der Waals surface area contributed by atoms with E-state index in [0.29, 0.717) is 19.5 Å². The molecule has 0 aromatic rings. The molecule has 6 nitrogen and oxygen atoms in total. The van der Waals surface area contributed by atoms with Crippen LogP contribution in [-0.2, 0) is 19.6 Å². The van der Waals surface area contributed by atoms with Gasteiger partial charge in [-0.2, -0.15) is 0 Å². The van der Waals surface area contributed by atoms with Crippen LogP contribution in [0.2, 0.25) is 0 Å². The Morgan fingerprint density at radius 3 is 2.72 bits per heavy atom. The van der Waals surface area contributed by atoms with E-state index in [4.69, 9.17) is 4.74 Å². The molecule has 1 aliphatic rings. The zero-order chi connectivity index (χ0) is 13.8. The maximum Gasteiger partial charge on any atom is 0.306 e. The van der Waals surface area contributed by atoms with Crippen molar-refractivity contribution >= 4 is 16.0 Å². The molecule has 1 fully saturated rings. The number of ether oxygens (including phenoxy) is 1. The summed E-state index contributed by atoms with van der Waals surface area (Å²) in [6, 6.07) is 0. The summed E-state index contributed by atoms with van der Waals surface area (Å²) in [5.41, 5.74) is 0. The molecule has 0 radical (unpaired) electrons. The zero-order valence-electron chi connectivity index (χ0n) is 10.8. The lowest BCUT2D eigenvalue weighted by molar-refractivity contribution is -0.142. The van der Waals surface area contributed by atoms with Gasteiger partial charge >= 0.3 is 5.97 Å². The third-order valence-corrected chi connectivity index (χ3v) is 4.97. The maximum atomic E-state index is 11.9. The number of rotatable bonds is 6. The molecule has 106 valence electrons. The van der Waals surface area contributed by atoms with E-state index >= 15 is 0 Å². The molecule has 0 aromatic heterocycles. The van der Waals surface area contributed by atoms with E-state index in [1.165, 1.54) is 4.31 Å². The minimum absolute atomic E-state index is 0.0117. The van der Waals surface area contributed by atoms with Gasteiger partial charge in [0.1, 0.15) is 0 Å². The summed E-state index contributed by atoms with van der Waals surface area (Å²) in [4.78, 5) is 11.1. The number of aliphatic hydroxyl groups excluding tert-OH is 1. The van der Waals surface area contributed by atoms with E-state index in [2.05, 4.69) is 0 Å². The molecule has 7 heteroatoms. The summed E-state index contributed by atoms with van der Waals surface area (Å²) in [5.74, 6) is -0.729. The second kappa shape index (κ2) is 6.49. The minimum atomic E-state index is -3.42. The van der Waals surface area contributed by atoms with Gasteiger partial charge in [0.25, 0.3) is 0 Å². The number of esters is 1. The summed E-state index contributed by atoms with van der Waals surface area (Å²) < 4.78 is 29.9. The average molecular weight is 279 g/mol. The summed E-state index contributed by atoms with van der Waals surface area (Å²) >= 11 is 0. The molecule has 1 aliphatic heterocycles. The average Bonchev–Trinajstić information content (AvgIpc) is 2.77. The molecule has 0 amide bonds. The van der Waals surface area contributed by atoms with Gasteiger partial charge in [-0.3, -0.25) is 4.79 Å². The van der Waals surface area contributed by atoms with Crippen molar-refractivity contribution in [2.75, 3.05) is 25.4 Å². The van der Waals surface area contributed by atoms with Crippen LogP contribution in [0.4, 0.5) is 0 Å². The smallest absolute Gasteiger partial charge is 0.306 e. The Labute approximate surface area is 108 Å². The van der Waals surface area contributed by atoms with Crippen molar-refractivity contribution in [2.45, 2.75) is 32.8 Å². The number of carbonyl (C=O) groups is 1. The van der Waals surface area contributed by atoms with Crippen LogP contribution in [0.5, 0.6) is 0 Å². The molecular formula is C11H21NO5S. The highest BCUT2D eigenvalue weighted by Gasteiger charge is 2.33. The third-order valence-electron chi connectivity index (χ3n) is 3.13. The highest BCUT2D eigenvalue weighted by molar-refractivity contribution is 7.89. The summed E-state index contributed by atoms with van der Waals surface area (Å²) in [6.45, 7) is 4.36. The van der Waals surface area contributed by atoms with Gasteiger partial charge in [-0.05, 0) is 26.2 Å². The van der Waals surface area contributed by atoms with Crippen LogP contribution in [0.3, 0.4) is 0 Å². The number of sulfonamides is 1. The SMILES string of the molecule is CCOC(=O)CCS(=O)(=O)N1CCC(C(C)O)C1. The van der Waals surface area contributed by atoms with Gasteiger partial charge in [0, 0.05) is 13.1 Å². The normalized spacial score (nSPS) is 22.9. The molecule has 2 unspecified atom stereocenters.